The second-order valence-electron chi connectivity index (χ2n) is 4.59. The predicted molar refractivity (Wildman–Crippen MR) is 47.1 cm³/mol. The molecule has 0 aliphatic rings. The average molecular weight is 174 g/mol. The van der Waals surface area contributed by atoms with Crippen molar-refractivity contribution in [3.63, 3.8) is 0 Å². The minimum absolute atomic E-state index is 0.242. The fourth-order valence-corrected chi connectivity index (χ4v) is 0.459. The van der Waals surface area contributed by atoms with Gasteiger partial charge in [0.1, 0.15) is 0 Å². The van der Waals surface area contributed by atoms with E-state index in [-0.39, 0.29) is 12.2 Å². The van der Waals surface area contributed by atoms with Crippen molar-refractivity contribution in [3.8, 4) is 0 Å². The standard InChI is InChI=1S/C9H18O3/c1-8(2,3)12-6-9(4,5)7(10)11/h6H2,1-5H3,(H,10,11). The molecule has 0 saturated heterocycles. The van der Waals surface area contributed by atoms with Gasteiger partial charge >= 0.3 is 5.97 Å². The van der Waals surface area contributed by atoms with Crippen LogP contribution in [0.25, 0.3) is 0 Å². The minimum Gasteiger partial charge on any atom is -0.481 e. The van der Waals surface area contributed by atoms with E-state index in [1.54, 1.807) is 13.8 Å². The lowest BCUT2D eigenvalue weighted by Crippen LogP contribution is -2.33. The monoisotopic (exact) mass is 174 g/mol. The molecule has 0 rings (SSSR count). The maximum Gasteiger partial charge on any atom is 0.311 e. The summed E-state index contributed by atoms with van der Waals surface area (Å²) in [6, 6.07) is 0. The summed E-state index contributed by atoms with van der Waals surface area (Å²) in [5.74, 6) is -0.827. The van der Waals surface area contributed by atoms with Crippen LogP contribution < -0.4 is 0 Å². The number of ether oxygens (including phenoxy) is 1. The van der Waals surface area contributed by atoms with Crippen LogP contribution in [0.15, 0.2) is 0 Å². The Labute approximate surface area is 73.7 Å². The van der Waals surface area contributed by atoms with Gasteiger partial charge in [-0.15, -0.1) is 0 Å². The van der Waals surface area contributed by atoms with Gasteiger partial charge in [-0.2, -0.15) is 0 Å². The molecule has 0 aromatic heterocycles. The summed E-state index contributed by atoms with van der Waals surface area (Å²) in [5.41, 5.74) is -1.07. The molecule has 0 bridgehead atoms. The third-order valence-corrected chi connectivity index (χ3v) is 1.44. The van der Waals surface area contributed by atoms with Gasteiger partial charge < -0.3 is 9.84 Å². The van der Waals surface area contributed by atoms with Crippen LogP contribution in [-0.2, 0) is 9.53 Å². The maximum atomic E-state index is 10.7. The predicted octanol–water partition coefficient (Wildman–Crippen LogP) is 1.91. The molecule has 0 aromatic rings. The summed E-state index contributed by atoms with van der Waals surface area (Å²) in [6.45, 7) is 9.27. The van der Waals surface area contributed by atoms with Crippen LogP contribution in [-0.4, -0.2) is 23.3 Å². The van der Waals surface area contributed by atoms with E-state index >= 15 is 0 Å². The van der Waals surface area contributed by atoms with E-state index in [0.717, 1.165) is 0 Å². The number of carboxylic acids is 1. The maximum absolute atomic E-state index is 10.7. The number of aliphatic carboxylic acids is 1. The molecule has 0 fully saturated rings. The molecule has 3 heteroatoms. The van der Waals surface area contributed by atoms with Gasteiger partial charge in [-0.3, -0.25) is 4.79 Å². The van der Waals surface area contributed by atoms with E-state index in [0.29, 0.717) is 0 Å². The molecule has 0 atom stereocenters. The van der Waals surface area contributed by atoms with Crippen molar-refractivity contribution >= 4 is 5.97 Å². The van der Waals surface area contributed by atoms with Gasteiger partial charge in [0.2, 0.25) is 0 Å². The first-order chi connectivity index (χ1) is 5.15. The van der Waals surface area contributed by atoms with Crippen LogP contribution in [0.1, 0.15) is 34.6 Å². The Hall–Kier alpha value is -0.570. The number of carbonyl (C=O) groups is 1. The topological polar surface area (TPSA) is 46.5 Å². The smallest absolute Gasteiger partial charge is 0.311 e. The zero-order valence-electron chi connectivity index (χ0n) is 8.47. The summed E-state index contributed by atoms with van der Waals surface area (Å²) in [5, 5.41) is 8.76. The molecule has 72 valence electrons. The first kappa shape index (κ1) is 11.4. The van der Waals surface area contributed by atoms with Crippen molar-refractivity contribution in [1.29, 1.82) is 0 Å². The van der Waals surface area contributed by atoms with Crippen molar-refractivity contribution < 1.29 is 14.6 Å². The van der Waals surface area contributed by atoms with E-state index in [1.165, 1.54) is 0 Å². The molecule has 0 aliphatic carbocycles. The molecule has 3 nitrogen and oxygen atoms in total. The van der Waals surface area contributed by atoms with Gasteiger partial charge in [-0.25, -0.2) is 0 Å². The molecule has 0 unspecified atom stereocenters. The van der Waals surface area contributed by atoms with Gasteiger partial charge in [0, 0.05) is 0 Å². The van der Waals surface area contributed by atoms with E-state index in [1.807, 2.05) is 20.8 Å². The number of hydrogen-bond acceptors (Lipinski definition) is 2. The van der Waals surface area contributed by atoms with Crippen LogP contribution in [0.5, 0.6) is 0 Å². The number of hydrogen-bond donors (Lipinski definition) is 1. The van der Waals surface area contributed by atoms with Gasteiger partial charge in [-0.1, -0.05) is 0 Å². The summed E-state index contributed by atoms with van der Waals surface area (Å²) in [7, 11) is 0. The Bertz CT molecular complexity index is 165. The number of rotatable bonds is 3. The highest BCUT2D eigenvalue weighted by Crippen LogP contribution is 2.19. The summed E-state index contributed by atoms with van der Waals surface area (Å²) in [6.07, 6.45) is 0. The molecule has 0 aromatic carbocycles. The molecule has 12 heavy (non-hydrogen) atoms. The summed E-state index contributed by atoms with van der Waals surface area (Å²) >= 11 is 0. The minimum atomic E-state index is -0.827. The van der Waals surface area contributed by atoms with Crippen LogP contribution in [0.3, 0.4) is 0 Å². The van der Waals surface area contributed by atoms with Crippen molar-refractivity contribution in [2.45, 2.75) is 40.2 Å². The first-order valence-corrected chi connectivity index (χ1v) is 4.02. The van der Waals surface area contributed by atoms with E-state index in [2.05, 4.69) is 0 Å². The van der Waals surface area contributed by atoms with E-state index in [4.69, 9.17) is 9.84 Å². The fourth-order valence-electron chi connectivity index (χ4n) is 0.459. The van der Waals surface area contributed by atoms with Crippen LogP contribution >= 0.6 is 0 Å². The van der Waals surface area contributed by atoms with Gasteiger partial charge in [-0.05, 0) is 34.6 Å². The van der Waals surface area contributed by atoms with E-state index in [9.17, 15) is 4.79 Å². The third kappa shape index (κ3) is 4.34. The molecule has 0 heterocycles. The SMILES string of the molecule is CC(C)(C)OCC(C)(C)C(=O)O. The van der Waals surface area contributed by atoms with Crippen molar-refractivity contribution in [1.82, 2.24) is 0 Å². The van der Waals surface area contributed by atoms with Crippen LogP contribution in [0.2, 0.25) is 0 Å². The second-order valence-corrected chi connectivity index (χ2v) is 4.59. The quantitative estimate of drug-likeness (QED) is 0.711. The third-order valence-electron chi connectivity index (χ3n) is 1.44. The first-order valence-electron chi connectivity index (χ1n) is 4.02. The lowest BCUT2D eigenvalue weighted by Gasteiger charge is -2.26. The molecular weight excluding hydrogens is 156 g/mol. The van der Waals surface area contributed by atoms with Crippen molar-refractivity contribution in [3.05, 3.63) is 0 Å². The van der Waals surface area contributed by atoms with Crippen LogP contribution in [0, 0.1) is 5.41 Å². The zero-order valence-corrected chi connectivity index (χ0v) is 8.47. The highest BCUT2D eigenvalue weighted by molar-refractivity contribution is 5.73. The Morgan fingerprint density at radius 3 is 1.92 bits per heavy atom. The molecule has 0 radical (unpaired) electrons. The Balaban J connectivity index is 4.01. The highest BCUT2D eigenvalue weighted by Gasteiger charge is 2.29. The normalized spacial score (nSPS) is 13.1. The average Bonchev–Trinajstić information content (AvgIpc) is 1.82. The molecular formula is C9H18O3. The van der Waals surface area contributed by atoms with Gasteiger partial charge in [0.05, 0.1) is 17.6 Å². The van der Waals surface area contributed by atoms with Crippen LogP contribution in [0.4, 0.5) is 0 Å². The Morgan fingerprint density at radius 2 is 1.67 bits per heavy atom. The van der Waals surface area contributed by atoms with Crippen molar-refractivity contribution in [2.24, 2.45) is 5.41 Å². The fraction of sp³-hybridized carbons (Fsp3) is 0.889. The summed E-state index contributed by atoms with van der Waals surface area (Å²) in [4.78, 5) is 10.7. The van der Waals surface area contributed by atoms with E-state index < -0.39 is 11.4 Å². The van der Waals surface area contributed by atoms with Gasteiger partial charge in [0.25, 0.3) is 0 Å². The molecule has 1 N–H and O–H groups in total. The second kappa shape index (κ2) is 3.44. The Kier molecular flexibility index (Phi) is 3.27. The zero-order chi connectivity index (χ0) is 9.99. The molecule has 0 amide bonds. The highest BCUT2D eigenvalue weighted by atomic mass is 16.5. The largest absolute Gasteiger partial charge is 0.481 e. The Morgan fingerprint density at radius 1 is 1.25 bits per heavy atom. The summed E-state index contributed by atoms with van der Waals surface area (Å²) < 4.78 is 5.37. The number of carboxylic acid groups (broad SMARTS) is 1. The lowest BCUT2D eigenvalue weighted by atomic mass is 9.95. The van der Waals surface area contributed by atoms with Crippen molar-refractivity contribution in [2.75, 3.05) is 6.61 Å². The molecule has 0 aliphatic heterocycles. The van der Waals surface area contributed by atoms with Gasteiger partial charge in [0.15, 0.2) is 0 Å². The molecule has 0 saturated carbocycles. The lowest BCUT2D eigenvalue weighted by molar-refractivity contribution is -0.153. The molecule has 0 spiro atoms.